The number of carbonyl (C=O) groups excluding carboxylic acids is 4. The number of nitrogens with zero attached hydrogens (tertiary/aromatic N) is 1. The molecule has 0 saturated heterocycles. The third-order valence-corrected chi connectivity index (χ3v) is 5.12. The van der Waals surface area contributed by atoms with E-state index in [9.17, 15) is 41.1 Å². The Bertz CT molecular complexity index is 1170. The molecule has 0 fully saturated rings. The highest BCUT2D eigenvalue weighted by Crippen LogP contribution is 2.30. The number of alkyl halides is 3. The number of anilines is 1. The molecule has 0 radical (unpaired) electrons. The lowest BCUT2D eigenvalue weighted by molar-refractivity contribution is -0.169. The second-order valence-electron chi connectivity index (χ2n) is 7.31. The Balaban J connectivity index is 1.93. The maximum atomic E-state index is 13.4. The number of carbonyl (C=O) groups is 4. The summed E-state index contributed by atoms with van der Waals surface area (Å²) in [6.45, 7) is 1.60. The quantitative estimate of drug-likeness (QED) is 0.338. The number of rotatable bonds is 6. The average molecular weight is 472 g/mol. The van der Waals surface area contributed by atoms with E-state index in [0.29, 0.717) is 6.42 Å². The lowest BCUT2D eigenvalue weighted by Gasteiger charge is -2.18. The molecule has 1 aliphatic heterocycles. The van der Waals surface area contributed by atoms with Crippen molar-refractivity contribution in [1.82, 2.24) is 9.88 Å². The third kappa shape index (κ3) is 4.56. The number of nitrogens with one attached hydrogen (secondary N) is 2. The van der Waals surface area contributed by atoms with E-state index in [1.54, 1.807) is 0 Å². The Kier molecular flexibility index (Phi) is 6.25. The fourth-order valence-electron chi connectivity index (χ4n) is 3.70. The van der Waals surface area contributed by atoms with Crippen LogP contribution >= 0.6 is 0 Å². The molecule has 0 aliphatic carbocycles. The first-order chi connectivity index (χ1) is 15.3. The molecule has 0 bridgehead atoms. The summed E-state index contributed by atoms with van der Waals surface area (Å²) < 4.78 is 66.8. The van der Waals surface area contributed by atoms with Gasteiger partial charge >= 0.3 is 6.18 Å². The lowest BCUT2D eigenvalue weighted by atomic mass is 10.0. The summed E-state index contributed by atoms with van der Waals surface area (Å²) in [6, 6.07) is -0.409. The maximum Gasteiger partial charge on any atom is 0.417 e. The van der Waals surface area contributed by atoms with E-state index in [2.05, 4.69) is 11.1 Å². The molecule has 13 heteroatoms. The zero-order chi connectivity index (χ0) is 24.7. The number of primary amides is 1. The van der Waals surface area contributed by atoms with Gasteiger partial charge in [0.2, 0.25) is 11.9 Å². The topological polar surface area (TPSA) is 123 Å². The summed E-state index contributed by atoms with van der Waals surface area (Å²) in [5.41, 5.74) is 4.52. The van der Waals surface area contributed by atoms with Crippen LogP contribution in [0.5, 0.6) is 0 Å². The predicted molar refractivity (Wildman–Crippen MR) is 103 cm³/mol. The number of hydrogen-bond donors (Lipinski definition) is 3. The van der Waals surface area contributed by atoms with Crippen LogP contribution in [0.1, 0.15) is 38.5 Å². The second kappa shape index (κ2) is 8.64. The van der Waals surface area contributed by atoms with Gasteiger partial charge in [0.1, 0.15) is 5.69 Å². The zero-order valence-electron chi connectivity index (χ0n) is 17.0. The van der Waals surface area contributed by atoms with E-state index in [0.717, 1.165) is 18.2 Å². The molecular weight excluding hydrogens is 455 g/mol. The van der Waals surface area contributed by atoms with Crippen molar-refractivity contribution in [2.45, 2.75) is 38.5 Å². The Labute approximate surface area is 182 Å². The molecule has 3 amide bonds. The molecule has 1 aromatic carbocycles. The highest BCUT2D eigenvalue weighted by atomic mass is 19.4. The van der Waals surface area contributed by atoms with Crippen LogP contribution in [0.2, 0.25) is 0 Å². The van der Waals surface area contributed by atoms with Crippen molar-refractivity contribution < 1.29 is 41.1 Å². The summed E-state index contributed by atoms with van der Waals surface area (Å²) in [6.07, 6.45) is -4.48. The molecule has 3 rings (SSSR count). The number of Topliss-reactive ketones (excluding diaryl/α,β-unsaturated/α-hetero) is 1. The molecule has 8 nitrogen and oxygen atoms in total. The SMILES string of the molecule is Cc1c(C(=O)C(=O)NC(C(N)=O)C(F)(F)F)c2n(c1C(=O)Nc1ccc(F)c(F)c1)CCC2. The Morgan fingerprint density at radius 2 is 1.79 bits per heavy atom. The largest absolute Gasteiger partial charge is 0.417 e. The first-order valence-corrected chi connectivity index (χ1v) is 9.52. The Morgan fingerprint density at radius 3 is 2.36 bits per heavy atom. The molecule has 0 spiro atoms. The van der Waals surface area contributed by atoms with Gasteiger partial charge in [0, 0.05) is 24.0 Å². The average Bonchev–Trinajstić information content (AvgIpc) is 3.26. The normalized spacial score (nSPS) is 13.9. The van der Waals surface area contributed by atoms with Crippen LogP contribution < -0.4 is 16.4 Å². The van der Waals surface area contributed by atoms with Gasteiger partial charge in [-0.05, 0) is 37.5 Å². The molecule has 2 heterocycles. The summed E-state index contributed by atoms with van der Waals surface area (Å²) in [5.74, 6) is -8.11. The van der Waals surface area contributed by atoms with Gasteiger partial charge in [-0.3, -0.25) is 19.2 Å². The standard InChI is InChI=1S/C20H17F5N4O4/c1-8-13(15(30)19(33)28-16(17(26)31)20(23,24)25)12-3-2-6-29(12)14(8)18(32)27-9-4-5-10(21)11(22)7-9/h4-5,7,16H,2-3,6H2,1H3,(H2,26,31)(H,27,32)(H,28,33). The molecule has 176 valence electrons. The van der Waals surface area contributed by atoms with Crippen LogP contribution in [0, 0.1) is 18.6 Å². The van der Waals surface area contributed by atoms with E-state index in [-0.39, 0.29) is 41.2 Å². The number of benzene rings is 1. The van der Waals surface area contributed by atoms with Gasteiger partial charge in [-0.25, -0.2) is 8.78 Å². The summed E-state index contributed by atoms with van der Waals surface area (Å²) in [7, 11) is 0. The van der Waals surface area contributed by atoms with Crippen LogP contribution in [0.15, 0.2) is 18.2 Å². The fraction of sp³-hybridized carbons (Fsp3) is 0.300. The predicted octanol–water partition coefficient (Wildman–Crippen LogP) is 1.99. The molecule has 4 N–H and O–H groups in total. The van der Waals surface area contributed by atoms with Crippen molar-refractivity contribution in [1.29, 1.82) is 0 Å². The number of halogens is 5. The Morgan fingerprint density at radius 1 is 1.12 bits per heavy atom. The van der Waals surface area contributed by atoms with Crippen molar-refractivity contribution in [2.24, 2.45) is 5.73 Å². The highest BCUT2D eigenvalue weighted by Gasteiger charge is 2.46. The fourth-order valence-corrected chi connectivity index (χ4v) is 3.70. The van der Waals surface area contributed by atoms with Crippen molar-refractivity contribution >= 4 is 29.2 Å². The summed E-state index contributed by atoms with van der Waals surface area (Å²) in [4.78, 5) is 48.9. The summed E-state index contributed by atoms with van der Waals surface area (Å²) in [5, 5.41) is 3.65. The number of aromatic nitrogens is 1. The minimum Gasteiger partial charge on any atom is -0.368 e. The minimum atomic E-state index is -5.21. The number of amides is 3. The smallest absolute Gasteiger partial charge is 0.368 e. The van der Waals surface area contributed by atoms with Gasteiger partial charge in [0.05, 0.1) is 5.56 Å². The first kappa shape index (κ1) is 23.9. The van der Waals surface area contributed by atoms with Gasteiger partial charge in [0.15, 0.2) is 11.6 Å². The number of hydrogen-bond acceptors (Lipinski definition) is 4. The van der Waals surface area contributed by atoms with Gasteiger partial charge in [-0.15, -0.1) is 0 Å². The number of fused-ring (bicyclic) bond motifs is 1. The zero-order valence-corrected chi connectivity index (χ0v) is 17.0. The van der Waals surface area contributed by atoms with Crippen molar-refractivity contribution in [3.05, 3.63) is 52.3 Å². The van der Waals surface area contributed by atoms with Crippen molar-refractivity contribution in [3.8, 4) is 0 Å². The van der Waals surface area contributed by atoms with Gasteiger partial charge in [-0.2, -0.15) is 13.2 Å². The van der Waals surface area contributed by atoms with Crippen LogP contribution in [0.25, 0.3) is 0 Å². The third-order valence-electron chi connectivity index (χ3n) is 5.12. The second-order valence-corrected chi connectivity index (χ2v) is 7.31. The number of ketones is 1. The molecule has 33 heavy (non-hydrogen) atoms. The molecule has 0 saturated carbocycles. The van der Waals surface area contributed by atoms with Crippen LogP contribution in [-0.2, 0) is 22.6 Å². The lowest BCUT2D eigenvalue weighted by Crippen LogP contribution is -2.55. The van der Waals surface area contributed by atoms with E-state index < -0.39 is 47.4 Å². The van der Waals surface area contributed by atoms with Crippen LogP contribution in [0.4, 0.5) is 27.6 Å². The molecule has 1 atom stereocenters. The molecule has 1 aromatic heterocycles. The van der Waals surface area contributed by atoms with Gasteiger partial charge in [-0.1, -0.05) is 0 Å². The van der Waals surface area contributed by atoms with Crippen LogP contribution in [-0.4, -0.2) is 40.3 Å². The molecule has 2 aromatic rings. The molecule has 1 aliphatic rings. The Hall–Kier alpha value is -3.77. The van der Waals surface area contributed by atoms with Crippen LogP contribution in [0.3, 0.4) is 0 Å². The van der Waals surface area contributed by atoms with Crippen molar-refractivity contribution in [3.63, 3.8) is 0 Å². The minimum absolute atomic E-state index is 0.00701. The molecular formula is C20H17F5N4O4. The van der Waals surface area contributed by atoms with E-state index in [1.807, 2.05) is 0 Å². The number of nitrogens with two attached hydrogens (primary N) is 1. The molecule has 1 unspecified atom stereocenters. The highest BCUT2D eigenvalue weighted by molar-refractivity contribution is 6.44. The van der Waals surface area contributed by atoms with Crippen molar-refractivity contribution in [2.75, 3.05) is 5.32 Å². The van der Waals surface area contributed by atoms with E-state index in [4.69, 9.17) is 0 Å². The van der Waals surface area contributed by atoms with E-state index in [1.165, 1.54) is 16.8 Å². The monoisotopic (exact) mass is 472 g/mol. The van der Waals surface area contributed by atoms with Gasteiger partial charge < -0.3 is 20.9 Å². The summed E-state index contributed by atoms with van der Waals surface area (Å²) >= 11 is 0. The first-order valence-electron chi connectivity index (χ1n) is 9.52. The van der Waals surface area contributed by atoms with E-state index >= 15 is 0 Å². The van der Waals surface area contributed by atoms with Gasteiger partial charge in [0.25, 0.3) is 17.6 Å². The maximum absolute atomic E-state index is 13.4.